The Kier molecular flexibility index (Phi) is 12.4. The molecule has 9 heteroatoms. The highest BCUT2D eigenvalue weighted by atomic mass is 127. The number of sulfonamides is 1. The number of ether oxygens (including phenoxy) is 1. The molecule has 3 N–H and O–H groups in total. The molecular weight excluding hydrogens is 359 g/mol. The molecule has 0 spiro atoms. The van der Waals surface area contributed by atoms with Gasteiger partial charge in [0, 0.05) is 33.8 Å². The highest BCUT2D eigenvalue weighted by molar-refractivity contribution is 14.0. The van der Waals surface area contributed by atoms with Gasteiger partial charge in [-0.05, 0) is 0 Å². The van der Waals surface area contributed by atoms with Crippen LogP contribution in [0.25, 0.3) is 0 Å². The molecule has 104 valence electrons. The van der Waals surface area contributed by atoms with Crippen LogP contribution in [0.1, 0.15) is 0 Å². The number of hydrogen-bond acceptors (Lipinski definition) is 4. The number of hydrogen-bond donors (Lipinski definition) is 3. The second-order valence-corrected chi connectivity index (χ2v) is 4.92. The maximum absolute atomic E-state index is 10.8. The zero-order chi connectivity index (χ0) is 12.4. The Morgan fingerprint density at radius 3 is 2.29 bits per heavy atom. The minimum absolute atomic E-state index is 0. The lowest BCUT2D eigenvalue weighted by molar-refractivity contribution is 0.203. The van der Waals surface area contributed by atoms with Crippen molar-refractivity contribution in [1.29, 1.82) is 0 Å². The minimum Gasteiger partial charge on any atom is -0.383 e. The van der Waals surface area contributed by atoms with Gasteiger partial charge in [-0.1, -0.05) is 0 Å². The van der Waals surface area contributed by atoms with E-state index in [0.717, 1.165) is 6.26 Å². The van der Waals surface area contributed by atoms with Crippen molar-refractivity contribution in [3.63, 3.8) is 0 Å². The molecule has 0 atom stereocenters. The second kappa shape index (κ2) is 11.0. The van der Waals surface area contributed by atoms with Crippen LogP contribution in [0.2, 0.25) is 0 Å². The van der Waals surface area contributed by atoms with Crippen molar-refractivity contribution in [3.8, 4) is 0 Å². The van der Waals surface area contributed by atoms with Crippen LogP contribution < -0.4 is 15.4 Å². The van der Waals surface area contributed by atoms with Crippen LogP contribution in [0.3, 0.4) is 0 Å². The summed E-state index contributed by atoms with van der Waals surface area (Å²) in [5.74, 6) is 0.618. The molecule has 7 nitrogen and oxygen atoms in total. The average Bonchev–Trinajstić information content (AvgIpc) is 2.20. The number of halogens is 1. The van der Waals surface area contributed by atoms with E-state index in [2.05, 4.69) is 20.3 Å². The predicted octanol–water partition coefficient (Wildman–Crippen LogP) is -1.03. The summed E-state index contributed by atoms with van der Waals surface area (Å²) in [6, 6.07) is 0. The van der Waals surface area contributed by atoms with Gasteiger partial charge in [-0.15, -0.1) is 24.0 Å². The van der Waals surface area contributed by atoms with Gasteiger partial charge < -0.3 is 15.4 Å². The highest BCUT2D eigenvalue weighted by Gasteiger charge is 1.99. The molecule has 0 aliphatic rings. The average molecular weight is 380 g/mol. The molecule has 0 saturated heterocycles. The van der Waals surface area contributed by atoms with Crippen LogP contribution in [-0.4, -0.2) is 61.0 Å². The number of methoxy groups -OCH3 is 1. The van der Waals surface area contributed by atoms with E-state index in [9.17, 15) is 8.42 Å². The van der Waals surface area contributed by atoms with Gasteiger partial charge in [0.25, 0.3) is 0 Å². The molecule has 0 aliphatic heterocycles. The fourth-order valence-electron chi connectivity index (χ4n) is 0.909. The van der Waals surface area contributed by atoms with Crippen LogP contribution in [0.15, 0.2) is 4.99 Å². The third-order valence-electron chi connectivity index (χ3n) is 1.60. The summed E-state index contributed by atoms with van der Waals surface area (Å²) < 4.78 is 28.8. The minimum atomic E-state index is -3.12. The zero-order valence-electron chi connectivity index (χ0n) is 10.3. The standard InChI is InChI=1S/C8H20N4O3S.HI/c1-9-8(11-6-7-15-2)10-4-5-12-16(3,13)14;/h12H,4-7H2,1-3H3,(H2,9,10,11);1H. The first-order valence-electron chi connectivity index (χ1n) is 4.87. The fourth-order valence-corrected chi connectivity index (χ4v) is 1.38. The molecule has 0 radical (unpaired) electrons. The van der Waals surface area contributed by atoms with Gasteiger partial charge >= 0.3 is 0 Å². The van der Waals surface area contributed by atoms with Crippen LogP contribution >= 0.6 is 24.0 Å². The van der Waals surface area contributed by atoms with Gasteiger partial charge in [0.15, 0.2) is 5.96 Å². The second-order valence-electron chi connectivity index (χ2n) is 3.09. The number of rotatable bonds is 7. The Labute approximate surface area is 120 Å². The lowest BCUT2D eigenvalue weighted by atomic mass is 10.6. The molecule has 0 unspecified atom stereocenters. The van der Waals surface area contributed by atoms with Gasteiger partial charge in [0.1, 0.15) is 0 Å². The van der Waals surface area contributed by atoms with Gasteiger partial charge in [-0.3, -0.25) is 4.99 Å². The maximum atomic E-state index is 10.8. The fraction of sp³-hybridized carbons (Fsp3) is 0.875. The molecule has 0 saturated carbocycles. The Morgan fingerprint density at radius 1 is 1.24 bits per heavy atom. The van der Waals surface area contributed by atoms with Crippen molar-refractivity contribution in [2.75, 3.05) is 46.7 Å². The Balaban J connectivity index is 0. The van der Waals surface area contributed by atoms with E-state index in [0.29, 0.717) is 32.2 Å². The first-order valence-corrected chi connectivity index (χ1v) is 6.77. The zero-order valence-corrected chi connectivity index (χ0v) is 13.5. The Hall–Kier alpha value is -0.130. The summed E-state index contributed by atoms with van der Waals surface area (Å²) >= 11 is 0. The number of aliphatic imine (C=N–C) groups is 1. The molecule has 0 rings (SSSR count). The van der Waals surface area contributed by atoms with Crippen LogP contribution in [0, 0.1) is 0 Å². The summed E-state index contributed by atoms with van der Waals surface area (Å²) in [7, 11) is 0.144. The first-order chi connectivity index (χ1) is 7.49. The molecule has 0 heterocycles. The summed E-state index contributed by atoms with van der Waals surface area (Å²) in [6.07, 6.45) is 1.12. The number of nitrogens with one attached hydrogen (secondary N) is 3. The topological polar surface area (TPSA) is 91.8 Å². The Bertz CT molecular complexity index is 308. The van der Waals surface area contributed by atoms with Crippen molar-refractivity contribution >= 4 is 40.0 Å². The molecule has 0 fully saturated rings. The van der Waals surface area contributed by atoms with Crippen molar-refractivity contribution < 1.29 is 13.2 Å². The van der Waals surface area contributed by atoms with E-state index in [4.69, 9.17) is 4.74 Å². The van der Waals surface area contributed by atoms with Crippen molar-refractivity contribution in [2.45, 2.75) is 0 Å². The third kappa shape index (κ3) is 13.8. The third-order valence-corrected chi connectivity index (χ3v) is 2.33. The normalized spacial score (nSPS) is 11.8. The van der Waals surface area contributed by atoms with Gasteiger partial charge in [0.2, 0.25) is 10.0 Å². The summed E-state index contributed by atoms with van der Waals surface area (Å²) in [4.78, 5) is 3.96. The molecule has 0 aromatic carbocycles. The van der Waals surface area contributed by atoms with E-state index < -0.39 is 10.0 Å². The van der Waals surface area contributed by atoms with E-state index >= 15 is 0 Å². The van der Waals surface area contributed by atoms with E-state index in [1.165, 1.54) is 0 Å². The molecular formula is C8H21IN4O3S. The van der Waals surface area contributed by atoms with Gasteiger partial charge in [0.05, 0.1) is 12.9 Å². The van der Waals surface area contributed by atoms with Crippen LogP contribution in [0.5, 0.6) is 0 Å². The smallest absolute Gasteiger partial charge is 0.208 e. The van der Waals surface area contributed by atoms with Gasteiger partial charge in [-0.25, -0.2) is 13.1 Å². The number of nitrogens with zero attached hydrogens (tertiary/aromatic N) is 1. The van der Waals surface area contributed by atoms with Crippen molar-refractivity contribution in [1.82, 2.24) is 15.4 Å². The van der Waals surface area contributed by atoms with E-state index in [-0.39, 0.29) is 24.0 Å². The quantitative estimate of drug-likeness (QED) is 0.227. The molecule has 0 aromatic heterocycles. The molecule has 17 heavy (non-hydrogen) atoms. The summed E-state index contributed by atoms with van der Waals surface area (Å²) in [6.45, 7) is 2.03. The lowest BCUT2D eigenvalue weighted by Crippen LogP contribution is -2.42. The van der Waals surface area contributed by atoms with Crippen LogP contribution in [0.4, 0.5) is 0 Å². The van der Waals surface area contributed by atoms with E-state index in [1.807, 2.05) is 0 Å². The lowest BCUT2D eigenvalue weighted by Gasteiger charge is -2.11. The van der Waals surface area contributed by atoms with Gasteiger partial charge in [-0.2, -0.15) is 0 Å². The monoisotopic (exact) mass is 380 g/mol. The molecule has 0 aromatic rings. The summed E-state index contributed by atoms with van der Waals surface area (Å²) in [5, 5.41) is 5.96. The maximum Gasteiger partial charge on any atom is 0.208 e. The highest BCUT2D eigenvalue weighted by Crippen LogP contribution is 1.73. The largest absolute Gasteiger partial charge is 0.383 e. The SMILES string of the molecule is CN=C(NCCNS(C)(=O)=O)NCCOC.I. The van der Waals surface area contributed by atoms with Crippen molar-refractivity contribution in [3.05, 3.63) is 0 Å². The predicted molar refractivity (Wildman–Crippen MR) is 79.5 cm³/mol. The van der Waals surface area contributed by atoms with Crippen LogP contribution in [-0.2, 0) is 14.8 Å². The molecule has 0 amide bonds. The summed E-state index contributed by atoms with van der Waals surface area (Å²) in [5.41, 5.74) is 0. The Morgan fingerprint density at radius 2 is 1.82 bits per heavy atom. The first kappa shape index (κ1) is 19.2. The molecule has 0 bridgehead atoms. The molecule has 0 aliphatic carbocycles. The van der Waals surface area contributed by atoms with Crippen molar-refractivity contribution in [2.24, 2.45) is 4.99 Å². The van der Waals surface area contributed by atoms with E-state index in [1.54, 1.807) is 14.2 Å². The number of guanidine groups is 1.